The van der Waals surface area contributed by atoms with Crippen molar-refractivity contribution in [2.75, 3.05) is 6.54 Å². The molecule has 1 unspecified atom stereocenters. The Hall–Kier alpha value is -1.75. The molecule has 108 valence electrons. The summed E-state index contributed by atoms with van der Waals surface area (Å²) in [5.74, 6) is -0.424. The number of halogens is 2. The van der Waals surface area contributed by atoms with Gasteiger partial charge in [0.05, 0.1) is 11.6 Å². The van der Waals surface area contributed by atoms with Crippen LogP contribution in [0.5, 0.6) is 0 Å². The van der Waals surface area contributed by atoms with Crippen LogP contribution in [0.3, 0.4) is 0 Å². The summed E-state index contributed by atoms with van der Waals surface area (Å²) in [6.45, 7) is 0.718. The van der Waals surface area contributed by atoms with Gasteiger partial charge >= 0.3 is 0 Å². The molecule has 0 N–H and O–H groups in total. The van der Waals surface area contributed by atoms with Crippen molar-refractivity contribution in [2.45, 2.75) is 18.9 Å². The van der Waals surface area contributed by atoms with E-state index in [4.69, 9.17) is 0 Å². The molecule has 1 aromatic carbocycles. The molecule has 1 amide bonds. The van der Waals surface area contributed by atoms with E-state index in [0.29, 0.717) is 10.0 Å². The first-order chi connectivity index (χ1) is 10.2. The largest absolute Gasteiger partial charge is 0.332 e. The monoisotopic (exact) mass is 348 g/mol. The van der Waals surface area contributed by atoms with Crippen LogP contribution in [-0.2, 0) is 0 Å². The van der Waals surface area contributed by atoms with Crippen molar-refractivity contribution in [1.82, 2.24) is 9.88 Å². The summed E-state index contributed by atoms with van der Waals surface area (Å²) in [6.07, 6.45) is 5.39. The topological polar surface area (TPSA) is 33.2 Å². The summed E-state index contributed by atoms with van der Waals surface area (Å²) in [6, 6.07) is 8.12. The Morgan fingerprint density at radius 3 is 2.76 bits per heavy atom. The minimum atomic E-state index is -0.356. The van der Waals surface area contributed by atoms with Gasteiger partial charge in [0.15, 0.2) is 0 Å². The van der Waals surface area contributed by atoms with Gasteiger partial charge in [-0.25, -0.2) is 4.39 Å². The second-order valence-electron chi connectivity index (χ2n) is 5.06. The molecule has 0 saturated carbocycles. The number of carbonyl (C=O) groups is 1. The Morgan fingerprint density at radius 1 is 1.29 bits per heavy atom. The van der Waals surface area contributed by atoms with Crippen LogP contribution in [-0.4, -0.2) is 22.3 Å². The third kappa shape index (κ3) is 2.83. The van der Waals surface area contributed by atoms with Gasteiger partial charge < -0.3 is 4.90 Å². The number of pyridine rings is 1. The summed E-state index contributed by atoms with van der Waals surface area (Å²) in [4.78, 5) is 18.6. The molecule has 2 heterocycles. The summed E-state index contributed by atoms with van der Waals surface area (Å²) in [5.41, 5.74) is 1.59. The Balaban J connectivity index is 1.90. The molecule has 1 aromatic heterocycles. The molecule has 1 saturated heterocycles. The lowest BCUT2D eigenvalue weighted by molar-refractivity contribution is 0.0734. The van der Waals surface area contributed by atoms with Gasteiger partial charge in [0.1, 0.15) is 5.82 Å². The number of hydrogen-bond acceptors (Lipinski definition) is 2. The predicted octanol–water partition coefficient (Wildman–Crippen LogP) is 3.96. The van der Waals surface area contributed by atoms with Crippen LogP contribution in [0.1, 0.15) is 34.8 Å². The molecular formula is C16H14BrFN2O. The van der Waals surface area contributed by atoms with Crippen molar-refractivity contribution in [1.29, 1.82) is 0 Å². The number of rotatable bonds is 2. The molecule has 1 aliphatic heterocycles. The molecule has 21 heavy (non-hydrogen) atoms. The Kier molecular flexibility index (Phi) is 4.01. The molecule has 5 heteroatoms. The summed E-state index contributed by atoms with van der Waals surface area (Å²) < 4.78 is 13.7. The van der Waals surface area contributed by atoms with Gasteiger partial charge in [-0.1, -0.05) is 0 Å². The average molecular weight is 349 g/mol. The van der Waals surface area contributed by atoms with E-state index in [1.54, 1.807) is 12.4 Å². The van der Waals surface area contributed by atoms with Crippen molar-refractivity contribution < 1.29 is 9.18 Å². The van der Waals surface area contributed by atoms with E-state index in [0.717, 1.165) is 24.9 Å². The van der Waals surface area contributed by atoms with Gasteiger partial charge in [-0.05, 0) is 64.7 Å². The van der Waals surface area contributed by atoms with E-state index >= 15 is 0 Å². The van der Waals surface area contributed by atoms with Gasteiger partial charge in [0, 0.05) is 23.4 Å². The number of benzene rings is 1. The second-order valence-corrected chi connectivity index (χ2v) is 5.92. The first-order valence-electron chi connectivity index (χ1n) is 6.83. The number of nitrogens with zero attached hydrogens (tertiary/aromatic N) is 2. The lowest BCUT2D eigenvalue weighted by Gasteiger charge is -2.25. The Labute approximate surface area is 130 Å². The number of hydrogen-bond donors (Lipinski definition) is 0. The number of likely N-dealkylation sites (tertiary alicyclic amines) is 1. The number of amides is 1. The smallest absolute Gasteiger partial charge is 0.255 e. The Bertz CT molecular complexity index is 663. The Morgan fingerprint density at radius 2 is 2.05 bits per heavy atom. The van der Waals surface area contributed by atoms with E-state index in [1.807, 2.05) is 17.0 Å². The molecule has 1 fully saturated rings. The van der Waals surface area contributed by atoms with Crippen LogP contribution in [0.15, 0.2) is 47.2 Å². The van der Waals surface area contributed by atoms with Gasteiger partial charge in [0.2, 0.25) is 0 Å². The van der Waals surface area contributed by atoms with Crippen LogP contribution >= 0.6 is 15.9 Å². The molecular weight excluding hydrogens is 335 g/mol. The average Bonchev–Trinajstić information content (AvgIpc) is 2.97. The zero-order valence-electron chi connectivity index (χ0n) is 11.3. The molecule has 3 rings (SSSR count). The zero-order chi connectivity index (χ0) is 14.8. The van der Waals surface area contributed by atoms with Crippen molar-refractivity contribution in [2.24, 2.45) is 0 Å². The minimum absolute atomic E-state index is 0.0671. The van der Waals surface area contributed by atoms with Crippen LogP contribution in [0.25, 0.3) is 0 Å². The summed E-state index contributed by atoms with van der Waals surface area (Å²) >= 11 is 3.27. The van der Waals surface area contributed by atoms with E-state index in [2.05, 4.69) is 20.9 Å². The van der Waals surface area contributed by atoms with E-state index < -0.39 is 0 Å². The fourth-order valence-electron chi connectivity index (χ4n) is 2.76. The highest BCUT2D eigenvalue weighted by atomic mass is 79.9. The van der Waals surface area contributed by atoms with Gasteiger partial charge in [-0.2, -0.15) is 0 Å². The highest BCUT2D eigenvalue weighted by molar-refractivity contribution is 9.10. The number of aromatic nitrogens is 1. The maximum absolute atomic E-state index is 13.2. The van der Waals surface area contributed by atoms with Crippen molar-refractivity contribution >= 4 is 21.8 Å². The molecule has 0 aliphatic carbocycles. The third-order valence-corrected chi connectivity index (χ3v) is 4.42. The van der Waals surface area contributed by atoms with Gasteiger partial charge in [-0.15, -0.1) is 0 Å². The van der Waals surface area contributed by atoms with E-state index in [-0.39, 0.29) is 17.8 Å². The molecule has 0 radical (unpaired) electrons. The first kappa shape index (κ1) is 14.2. The molecule has 1 atom stereocenters. The van der Waals surface area contributed by atoms with Crippen molar-refractivity contribution in [3.05, 3.63) is 64.1 Å². The molecule has 0 spiro atoms. The predicted molar refractivity (Wildman–Crippen MR) is 81.3 cm³/mol. The van der Waals surface area contributed by atoms with Crippen molar-refractivity contribution in [3.8, 4) is 0 Å². The maximum atomic E-state index is 13.2. The highest BCUT2D eigenvalue weighted by Crippen LogP contribution is 2.33. The molecule has 3 nitrogen and oxygen atoms in total. The lowest BCUT2D eigenvalue weighted by Crippen LogP contribution is -2.30. The fraction of sp³-hybridized carbons (Fsp3) is 0.250. The van der Waals surface area contributed by atoms with Crippen LogP contribution < -0.4 is 0 Å². The zero-order valence-corrected chi connectivity index (χ0v) is 12.9. The molecule has 0 bridgehead atoms. The van der Waals surface area contributed by atoms with Crippen molar-refractivity contribution in [3.63, 3.8) is 0 Å². The first-order valence-corrected chi connectivity index (χ1v) is 7.62. The summed E-state index contributed by atoms with van der Waals surface area (Å²) in [5, 5.41) is 0. The van der Waals surface area contributed by atoms with Crippen LogP contribution in [0.2, 0.25) is 0 Å². The SMILES string of the molecule is O=C(c1ccc(F)cc1Br)N1CCCC1c1ccncc1. The van der Waals surface area contributed by atoms with Crippen LogP contribution in [0.4, 0.5) is 4.39 Å². The quantitative estimate of drug-likeness (QED) is 0.822. The van der Waals surface area contributed by atoms with Crippen LogP contribution in [0, 0.1) is 5.82 Å². The minimum Gasteiger partial charge on any atom is -0.332 e. The maximum Gasteiger partial charge on any atom is 0.255 e. The second kappa shape index (κ2) is 5.93. The lowest BCUT2D eigenvalue weighted by atomic mass is 10.1. The molecule has 2 aromatic rings. The fourth-order valence-corrected chi connectivity index (χ4v) is 3.28. The third-order valence-electron chi connectivity index (χ3n) is 3.77. The van der Waals surface area contributed by atoms with Gasteiger partial charge in [0.25, 0.3) is 5.91 Å². The normalized spacial score (nSPS) is 18.0. The number of carbonyl (C=O) groups excluding carboxylic acids is 1. The standard InChI is InChI=1S/C16H14BrFN2O/c17-14-10-12(18)3-4-13(14)16(21)20-9-1-2-15(20)11-5-7-19-8-6-11/h3-8,10,15H,1-2,9H2. The molecule has 1 aliphatic rings. The highest BCUT2D eigenvalue weighted by Gasteiger charge is 2.31. The van der Waals surface area contributed by atoms with Gasteiger partial charge in [-0.3, -0.25) is 9.78 Å². The summed E-state index contributed by atoms with van der Waals surface area (Å²) in [7, 11) is 0. The van der Waals surface area contributed by atoms with E-state index in [1.165, 1.54) is 18.2 Å². The van der Waals surface area contributed by atoms with E-state index in [9.17, 15) is 9.18 Å².